The minimum absolute atomic E-state index is 0.546. The molecule has 0 aliphatic heterocycles. The highest BCUT2D eigenvalue weighted by Gasteiger charge is 2.20. The molecule has 0 unspecified atom stereocenters. The Morgan fingerprint density at radius 3 is 2.83 bits per heavy atom. The van der Waals surface area contributed by atoms with Crippen LogP contribution in [0.3, 0.4) is 0 Å². The van der Waals surface area contributed by atoms with E-state index in [4.69, 9.17) is 4.98 Å². The van der Waals surface area contributed by atoms with E-state index in [1.165, 1.54) is 32.1 Å². The van der Waals surface area contributed by atoms with Gasteiger partial charge in [0.2, 0.25) is 0 Å². The molecule has 1 aliphatic carbocycles. The van der Waals surface area contributed by atoms with Crippen molar-refractivity contribution in [1.82, 2.24) is 19.6 Å². The molecule has 4 rings (SSSR count). The van der Waals surface area contributed by atoms with E-state index in [1.54, 1.807) is 12.4 Å². The zero-order valence-electron chi connectivity index (χ0n) is 12.7. The van der Waals surface area contributed by atoms with Crippen molar-refractivity contribution in [2.45, 2.75) is 38.0 Å². The number of hydrogen-bond donors (Lipinski definition) is 1. The summed E-state index contributed by atoms with van der Waals surface area (Å²) in [6.07, 6.45) is 11.8. The Bertz CT molecular complexity index is 808. The van der Waals surface area contributed by atoms with Gasteiger partial charge in [0.25, 0.3) is 0 Å². The van der Waals surface area contributed by atoms with Crippen molar-refractivity contribution >= 4 is 33.1 Å². The van der Waals surface area contributed by atoms with E-state index in [-0.39, 0.29) is 0 Å². The molecule has 118 valence electrons. The molecule has 0 amide bonds. The summed E-state index contributed by atoms with van der Waals surface area (Å²) >= 11 is 3.56. The molecule has 1 aliphatic rings. The molecule has 3 heterocycles. The number of pyridine rings is 1. The van der Waals surface area contributed by atoms with Gasteiger partial charge in [0.15, 0.2) is 5.65 Å². The van der Waals surface area contributed by atoms with Gasteiger partial charge in [-0.15, -0.1) is 0 Å². The molecule has 1 N–H and O–H groups in total. The molecule has 1 saturated carbocycles. The first-order valence-corrected chi connectivity index (χ1v) is 8.82. The Kier molecular flexibility index (Phi) is 3.99. The summed E-state index contributed by atoms with van der Waals surface area (Å²) in [4.78, 5) is 9.02. The summed E-state index contributed by atoms with van der Waals surface area (Å²) in [5.74, 6) is 1.47. The van der Waals surface area contributed by atoms with Crippen molar-refractivity contribution in [3.63, 3.8) is 0 Å². The first kappa shape index (κ1) is 14.6. The van der Waals surface area contributed by atoms with Crippen LogP contribution < -0.4 is 5.32 Å². The zero-order valence-corrected chi connectivity index (χ0v) is 14.3. The first-order chi connectivity index (χ1) is 11.3. The van der Waals surface area contributed by atoms with Gasteiger partial charge >= 0.3 is 0 Å². The van der Waals surface area contributed by atoms with Gasteiger partial charge in [-0.3, -0.25) is 4.98 Å². The predicted octanol–water partition coefficient (Wildman–Crippen LogP) is 4.68. The fourth-order valence-electron chi connectivity index (χ4n) is 3.24. The number of aromatic nitrogens is 4. The summed E-state index contributed by atoms with van der Waals surface area (Å²) in [5.41, 5.74) is 2.96. The average molecular weight is 372 g/mol. The van der Waals surface area contributed by atoms with Crippen LogP contribution in [0.4, 0.5) is 11.5 Å². The third-order valence-corrected chi connectivity index (χ3v) is 4.97. The van der Waals surface area contributed by atoms with Gasteiger partial charge in [-0.05, 0) is 40.9 Å². The molecule has 0 bridgehead atoms. The van der Waals surface area contributed by atoms with Crippen molar-refractivity contribution in [3.05, 3.63) is 47.0 Å². The number of nitrogens with zero attached hydrogens (tertiary/aromatic N) is 4. The summed E-state index contributed by atoms with van der Waals surface area (Å²) in [6.45, 7) is 0. The normalized spacial score (nSPS) is 15.9. The summed E-state index contributed by atoms with van der Waals surface area (Å²) in [5, 5.41) is 7.84. The fraction of sp³-hybridized carbons (Fsp3) is 0.353. The van der Waals surface area contributed by atoms with Gasteiger partial charge in [0, 0.05) is 23.9 Å². The second-order valence-corrected chi connectivity index (χ2v) is 6.85. The Hall–Kier alpha value is -1.95. The van der Waals surface area contributed by atoms with Crippen LogP contribution in [0.5, 0.6) is 0 Å². The van der Waals surface area contributed by atoms with Crippen molar-refractivity contribution in [3.8, 4) is 0 Å². The third kappa shape index (κ3) is 2.95. The molecule has 0 saturated heterocycles. The largest absolute Gasteiger partial charge is 0.339 e. The molecule has 0 radical (unpaired) electrons. The molecule has 3 aromatic rings. The summed E-state index contributed by atoms with van der Waals surface area (Å²) < 4.78 is 2.76. The lowest BCUT2D eigenvalue weighted by Gasteiger charge is -2.22. The first-order valence-electron chi connectivity index (χ1n) is 8.02. The van der Waals surface area contributed by atoms with E-state index in [9.17, 15) is 0 Å². The lowest BCUT2D eigenvalue weighted by atomic mass is 9.87. The zero-order chi connectivity index (χ0) is 15.6. The van der Waals surface area contributed by atoms with Crippen LogP contribution >= 0.6 is 15.9 Å². The van der Waals surface area contributed by atoms with Crippen molar-refractivity contribution < 1.29 is 0 Å². The van der Waals surface area contributed by atoms with Gasteiger partial charge in [-0.1, -0.05) is 19.3 Å². The van der Waals surface area contributed by atoms with Crippen LogP contribution in [-0.2, 0) is 0 Å². The molecule has 0 aromatic carbocycles. The number of rotatable bonds is 3. The molecular formula is C17H18BrN5. The lowest BCUT2D eigenvalue weighted by molar-refractivity contribution is 0.437. The maximum absolute atomic E-state index is 4.86. The molecule has 1 fully saturated rings. The van der Waals surface area contributed by atoms with Crippen molar-refractivity contribution in [2.75, 3.05) is 5.32 Å². The second-order valence-electron chi connectivity index (χ2n) is 6.00. The summed E-state index contributed by atoms with van der Waals surface area (Å²) in [7, 11) is 0. The van der Waals surface area contributed by atoms with Crippen molar-refractivity contribution in [2.24, 2.45) is 0 Å². The SMILES string of the molecule is Brc1cnn2c(Nc3cccnc3)cc(C3CCCCC3)nc12. The number of halogens is 1. The topological polar surface area (TPSA) is 55.1 Å². The second kappa shape index (κ2) is 6.28. The van der Waals surface area contributed by atoms with Gasteiger partial charge < -0.3 is 5.32 Å². The van der Waals surface area contributed by atoms with E-state index in [1.807, 2.05) is 22.8 Å². The molecule has 6 heteroatoms. The maximum Gasteiger partial charge on any atom is 0.171 e. The number of fused-ring (bicyclic) bond motifs is 1. The Morgan fingerprint density at radius 2 is 2.04 bits per heavy atom. The highest BCUT2D eigenvalue weighted by Crippen LogP contribution is 2.34. The molecule has 3 aromatic heterocycles. The Morgan fingerprint density at radius 1 is 1.17 bits per heavy atom. The van der Waals surface area contributed by atoms with E-state index >= 15 is 0 Å². The lowest BCUT2D eigenvalue weighted by Crippen LogP contribution is -2.10. The highest BCUT2D eigenvalue weighted by molar-refractivity contribution is 9.10. The number of nitrogens with one attached hydrogen (secondary N) is 1. The molecule has 23 heavy (non-hydrogen) atoms. The van der Waals surface area contributed by atoms with Crippen LogP contribution in [0.2, 0.25) is 0 Å². The van der Waals surface area contributed by atoms with E-state index < -0.39 is 0 Å². The van der Waals surface area contributed by atoms with Crippen LogP contribution in [0.15, 0.2) is 41.3 Å². The maximum atomic E-state index is 4.86. The molecule has 5 nitrogen and oxygen atoms in total. The van der Waals surface area contributed by atoms with Crippen LogP contribution in [-0.4, -0.2) is 19.6 Å². The monoisotopic (exact) mass is 371 g/mol. The highest BCUT2D eigenvalue weighted by atomic mass is 79.9. The molecule has 0 atom stereocenters. The van der Waals surface area contributed by atoms with Gasteiger partial charge in [-0.2, -0.15) is 9.61 Å². The third-order valence-electron chi connectivity index (χ3n) is 4.41. The van der Waals surface area contributed by atoms with Gasteiger partial charge in [0.05, 0.1) is 22.6 Å². The average Bonchev–Trinajstić information content (AvgIpc) is 2.98. The van der Waals surface area contributed by atoms with Crippen molar-refractivity contribution in [1.29, 1.82) is 0 Å². The Labute approximate surface area is 143 Å². The predicted molar refractivity (Wildman–Crippen MR) is 94.0 cm³/mol. The van der Waals surface area contributed by atoms with E-state index in [0.717, 1.165) is 27.3 Å². The van der Waals surface area contributed by atoms with Gasteiger partial charge in [-0.25, -0.2) is 4.98 Å². The quantitative estimate of drug-likeness (QED) is 0.726. The molecule has 0 spiro atoms. The van der Waals surface area contributed by atoms with E-state index in [2.05, 4.69) is 37.4 Å². The van der Waals surface area contributed by atoms with Gasteiger partial charge in [0.1, 0.15) is 5.82 Å². The fourth-order valence-corrected chi connectivity index (χ4v) is 3.58. The number of hydrogen-bond acceptors (Lipinski definition) is 4. The van der Waals surface area contributed by atoms with Crippen LogP contribution in [0.1, 0.15) is 43.7 Å². The number of anilines is 2. The Balaban J connectivity index is 1.78. The minimum atomic E-state index is 0.546. The van der Waals surface area contributed by atoms with Crippen LogP contribution in [0.25, 0.3) is 5.65 Å². The minimum Gasteiger partial charge on any atom is -0.339 e. The standard InChI is InChI=1S/C17H18BrN5/c18-14-11-20-23-16(21-13-7-4-8-19-10-13)9-15(22-17(14)23)12-5-2-1-3-6-12/h4,7-12,21H,1-3,5-6H2. The summed E-state index contributed by atoms with van der Waals surface area (Å²) in [6, 6.07) is 6.05. The molecular weight excluding hydrogens is 354 g/mol. The van der Waals surface area contributed by atoms with Crippen LogP contribution in [0, 0.1) is 0 Å². The van der Waals surface area contributed by atoms with E-state index in [0.29, 0.717) is 5.92 Å². The smallest absolute Gasteiger partial charge is 0.171 e.